The SMILES string of the molecule is C=CCN(C(=O)OCc1ccccc1)C(CC(C)C)C(=O)N1CC(C=O)CC1C#N. The van der Waals surface area contributed by atoms with Crippen LogP contribution in [0.3, 0.4) is 0 Å². The zero-order valence-corrected chi connectivity index (χ0v) is 17.6. The molecule has 0 aromatic heterocycles. The summed E-state index contributed by atoms with van der Waals surface area (Å²) >= 11 is 0. The van der Waals surface area contributed by atoms with Crippen LogP contribution in [0.25, 0.3) is 0 Å². The second-order valence-corrected chi connectivity index (χ2v) is 7.89. The van der Waals surface area contributed by atoms with E-state index in [4.69, 9.17) is 4.74 Å². The average molecular weight is 412 g/mol. The number of amides is 2. The summed E-state index contributed by atoms with van der Waals surface area (Å²) < 4.78 is 5.46. The lowest BCUT2D eigenvalue weighted by atomic mass is 10.0. The summed E-state index contributed by atoms with van der Waals surface area (Å²) in [5, 5.41) is 9.44. The molecule has 0 aliphatic carbocycles. The standard InChI is InChI=1S/C23H29N3O4/c1-4-10-25(23(29)30-16-18-8-6-5-7-9-18)21(11-17(2)3)22(28)26-14-19(15-27)12-20(26)13-24/h4-9,15,17,19-21H,1,10-12,14,16H2,2-3H3. The maximum atomic E-state index is 13.4. The largest absolute Gasteiger partial charge is 0.445 e. The Bertz CT molecular complexity index is 787. The smallest absolute Gasteiger partial charge is 0.411 e. The summed E-state index contributed by atoms with van der Waals surface area (Å²) in [5.41, 5.74) is 0.842. The maximum absolute atomic E-state index is 13.4. The minimum atomic E-state index is -0.799. The van der Waals surface area contributed by atoms with Gasteiger partial charge in [-0.1, -0.05) is 50.3 Å². The van der Waals surface area contributed by atoms with Gasteiger partial charge in [-0.15, -0.1) is 6.58 Å². The number of benzene rings is 1. The van der Waals surface area contributed by atoms with Gasteiger partial charge in [0.05, 0.1) is 6.07 Å². The molecule has 1 fully saturated rings. The van der Waals surface area contributed by atoms with Crippen LogP contribution >= 0.6 is 0 Å². The van der Waals surface area contributed by atoms with Crippen LogP contribution < -0.4 is 0 Å². The topological polar surface area (TPSA) is 90.7 Å². The van der Waals surface area contributed by atoms with Gasteiger partial charge in [-0.05, 0) is 24.3 Å². The molecule has 0 radical (unpaired) electrons. The van der Waals surface area contributed by atoms with Crippen molar-refractivity contribution in [2.24, 2.45) is 11.8 Å². The van der Waals surface area contributed by atoms with Crippen LogP contribution in [-0.2, 0) is 20.9 Å². The first-order chi connectivity index (χ1) is 14.4. The predicted octanol–water partition coefficient (Wildman–Crippen LogP) is 3.17. The Morgan fingerprint density at radius 2 is 2.07 bits per heavy atom. The number of carbonyl (C=O) groups excluding carboxylic acids is 3. The average Bonchev–Trinajstić information content (AvgIpc) is 3.18. The number of aldehydes is 1. The minimum absolute atomic E-state index is 0.0909. The third kappa shape index (κ3) is 5.93. The van der Waals surface area contributed by atoms with Crippen LogP contribution in [0.2, 0.25) is 0 Å². The van der Waals surface area contributed by atoms with Crippen molar-refractivity contribution in [1.29, 1.82) is 5.26 Å². The van der Waals surface area contributed by atoms with Gasteiger partial charge in [-0.2, -0.15) is 5.26 Å². The molecule has 0 spiro atoms. The Morgan fingerprint density at radius 1 is 1.37 bits per heavy atom. The lowest BCUT2D eigenvalue weighted by molar-refractivity contribution is -0.137. The Labute approximate surface area is 177 Å². The van der Waals surface area contributed by atoms with E-state index in [0.717, 1.165) is 11.8 Å². The van der Waals surface area contributed by atoms with Crippen molar-refractivity contribution in [3.63, 3.8) is 0 Å². The zero-order chi connectivity index (χ0) is 22.1. The van der Waals surface area contributed by atoms with E-state index in [1.54, 1.807) is 6.08 Å². The third-order valence-electron chi connectivity index (χ3n) is 5.08. The van der Waals surface area contributed by atoms with E-state index in [0.29, 0.717) is 12.8 Å². The molecule has 2 rings (SSSR count). The van der Waals surface area contributed by atoms with E-state index in [1.165, 1.54) is 9.80 Å². The zero-order valence-electron chi connectivity index (χ0n) is 17.6. The van der Waals surface area contributed by atoms with E-state index in [-0.39, 0.29) is 37.4 Å². The van der Waals surface area contributed by atoms with Gasteiger partial charge in [0.15, 0.2) is 0 Å². The summed E-state index contributed by atoms with van der Waals surface area (Å²) in [6.07, 6.45) is 2.44. The first kappa shape index (κ1) is 23.1. The molecule has 1 aliphatic rings. The van der Waals surface area contributed by atoms with Crippen molar-refractivity contribution in [2.75, 3.05) is 13.1 Å². The number of rotatable bonds is 9. The van der Waals surface area contributed by atoms with Crippen molar-refractivity contribution in [3.05, 3.63) is 48.6 Å². The first-order valence-electron chi connectivity index (χ1n) is 10.1. The predicted molar refractivity (Wildman–Crippen MR) is 112 cm³/mol. The molecule has 1 aliphatic heterocycles. The lowest BCUT2D eigenvalue weighted by Gasteiger charge is -2.34. The van der Waals surface area contributed by atoms with E-state index in [2.05, 4.69) is 12.6 Å². The quantitative estimate of drug-likeness (QED) is 0.460. The van der Waals surface area contributed by atoms with E-state index in [9.17, 15) is 19.6 Å². The van der Waals surface area contributed by atoms with Crippen LogP contribution in [0.5, 0.6) is 0 Å². The number of likely N-dealkylation sites (tertiary alicyclic amines) is 1. The van der Waals surface area contributed by atoms with Crippen molar-refractivity contribution in [2.45, 2.75) is 45.4 Å². The Balaban J connectivity index is 2.22. The molecular weight excluding hydrogens is 382 g/mol. The summed E-state index contributed by atoms with van der Waals surface area (Å²) in [6.45, 7) is 8.04. The number of ether oxygens (including phenoxy) is 1. The second kappa shape index (κ2) is 11.1. The van der Waals surface area contributed by atoms with Crippen molar-refractivity contribution < 1.29 is 19.1 Å². The summed E-state index contributed by atoms with van der Waals surface area (Å²) in [4.78, 5) is 40.3. The van der Waals surface area contributed by atoms with Crippen molar-refractivity contribution >= 4 is 18.3 Å². The van der Waals surface area contributed by atoms with Gasteiger partial charge in [0.1, 0.15) is 25.0 Å². The molecule has 3 atom stereocenters. The highest BCUT2D eigenvalue weighted by atomic mass is 16.6. The van der Waals surface area contributed by atoms with E-state index < -0.39 is 18.2 Å². The molecule has 1 saturated heterocycles. The van der Waals surface area contributed by atoms with Gasteiger partial charge in [-0.25, -0.2) is 4.79 Å². The summed E-state index contributed by atoms with van der Waals surface area (Å²) in [5.74, 6) is -0.576. The summed E-state index contributed by atoms with van der Waals surface area (Å²) in [6, 6.07) is 9.92. The van der Waals surface area contributed by atoms with Gasteiger partial charge in [0.2, 0.25) is 5.91 Å². The fraction of sp³-hybridized carbons (Fsp3) is 0.478. The minimum Gasteiger partial charge on any atom is -0.445 e. The van der Waals surface area contributed by atoms with Gasteiger partial charge in [0.25, 0.3) is 0 Å². The number of nitrogens with zero attached hydrogens (tertiary/aromatic N) is 3. The van der Waals surface area contributed by atoms with Crippen LogP contribution in [0.15, 0.2) is 43.0 Å². The monoisotopic (exact) mass is 411 g/mol. The Hall–Kier alpha value is -3.14. The van der Waals surface area contributed by atoms with Gasteiger partial charge in [-0.3, -0.25) is 9.69 Å². The van der Waals surface area contributed by atoms with E-state index in [1.807, 2.05) is 44.2 Å². The normalized spacial score (nSPS) is 19.1. The molecule has 30 heavy (non-hydrogen) atoms. The first-order valence-corrected chi connectivity index (χ1v) is 10.1. The molecular formula is C23H29N3O4. The molecule has 7 heteroatoms. The molecule has 0 saturated carbocycles. The molecule has 0 N–H and O–H groups in total. The maximum Gasteiger partial charge on any atom is 0.411 e. The van der Waals surface area contributed by atoms with Gasteiger partial charge in [0, 0.05) is 19.0 Å². The molecule has 0 bridgehead atoms. The summed E-state index contributed by atoms with van der Waals surface area (Å²) in [7, 11) is 0. The van der Waals surface area contributed by atoms with Crippen molar-refractivity contribution in [1.82, 2.24) is 9.80 Å². The molecule has 1 aromatic carbocycles. The van der Waals surface area contributed by atoms with Crippen LogP contribution in [0.4, 0.5) is 4.79 Å². The van der Waals surface area contributed by atoms with Gasteiger partial charge >= 0.3 is 6.09 Å². The van der Waals surface area contributed by atoms with Crippen LogP contribution in [0.1, 0.15) is 32.3 Å². The molecule has 3 unspecified atom stereocenters. The van der Waals surface area contributed by atoms with E-state index >= 15 is 0 Å². The number of carbonyl (C=O) groups is 3. The lowest BCUT2D eigenvalue weighted by Crippen LogP contribution is -2.52. The Kier molecular flexibility index (Phi) is 8.60. The molecule has 1 heterocycles. The van der Waals surface area contributed by atoms with Crippen LogP contribution in [0, 0.1) is 23.2 Å². The third-order valence-corrected chi connectivity index (χ3v) is 5.08. The molecule has 160 valence electrons. The van der Waals surface area contributed by atoms with Crippen LogP contribution in [-0.4, -0.2) is 53.3 Å². The second-order valence-electron chi connectivity index (χ2n) is 7.89. The highest BCUT2D eigenvalue weighted by Crippen LogP contribution is 2.25. The molecule has 1 aromatic rings. The van der Waals surface area contributed by atoms with Gasteiger partial charge < -0.3 is 14.4 Å². The van der Waals surface area contributed by atoms with Crippen molar-refractivity contribution in [3.8, 4) is 6.07 Å². The Morgan fingerprint density at radius 3 is 2.63 bits per heavy atom. The number of hydrogen-bond donors (Lipinski definition) is 0. The number of hydrogen-bond acceptors (Lipinski definition) is 5. The number of nitriles is 1. The highest BCUT2D eigenvalue weighted by molar-refractivity contribution is 5.87. The fourth-order valence-electron chi connectivity index (χ4n) is 3.60. The molecule has 2 amide bonds. The molecule has 7 nitrogen and oxygen atoms in total. The fourth-order valence-corrected chi connectivity index (χ4v) is 3.60. The highest BCUT2D eigenvalue weighted by Gasteiger charge is 2.41.